The maximum Gasteiger partial charge on any atom is 0.264 e. The number of alkyl halides is 2. The minimum Gasteiger partial charge on any atom is -0.379 e. The lowest BCUT2D eigenvalue weighted by Gasteiger charge is -2.34. The van der Waals surface area contributed by atoms with Crippen molar-refractivity contribution in [1.29, 1.82) is 0 Å². The van der Waals surface area contributed by atoms with Gasteiger partial charge in [-0.15, -0.1) is 0 Å². The molecule has 1 atom stereocenters. The first-order chi connectivity index (χ1) is 13.9. The molecule has 1 aliphatic carbocycles. The molecule has 7 heteroatoms. The molecular weight excluding hydrogens is 374 g/mol. The molecule has 156 valence electrons. The Morgan fingerprint density at radius 3 is 2.66 bits per heavy atom. The first-order valence-corrected chi connectivity index (χ1v) is 10.7. The van der Waals surface area contributed by atoms with Crippen LogP contribution < -0.4 is 4.90 Å². The second kappa shape index (κ2) is 7.06. The highest BCUT2D eigenvalue weighted by Crippen LogP contribution is 2.43. The summed E-state index contributed by atoms with van der Waals surface area (Å²) in [7, 11) is 0. The van der Waals surface area contributed by atoms with Crippen molar-refractivity contribution in [1.82, 2.24) is 14.7 Å². The molecule has 0 radical (unpaired) electrons. The van der Waals surface area contributed by atoms with Gasteiger partial charge in [0.15, 0.2) is 5.82 Å². The minimum absolute atomic E-state index is 0.108. The fourth-order valence-corrected chi connectivity index (χ4v) is 4.83. The predicted molar refractivity (Wildman–Crippen MR) is 108 cm³/mol. The molecule has 1 N–H and O–H groups in total. The van der Waals surface area contributed by atoms with E-state index in [4.69, 9.17) is 5.10 Å². The van der Waals surface area contributed by atoms with E-state index < -0.39 is 12.7 Å². The van der Waals surface area contributed by atoms with E-state index in [0.29, 0.717) is 18.2 Å². The van der Waals surface area contributed by atoms with Crippen molar-refractivity contribution < 1.29 is 13.9 Å². The van der Waals surface area contributed by atoms with Crippen molar-refractivity contribution in [3.8, 4) is 0 Å². The molecule has 0 amide bonds. The summed E-state index contributed by atoms with van der Waals surface area (Å²) >= 11 is 0. The van der Waals surface area contributed by atoms with E-state index in [-0.39, 0.29) is 5.56 Å². The lowest BCUT2D eigenvalue weighted by atomic mass is 9.95. The van der Waals surface area contributed by atoms with Crippen LogP contribution in [0.15, 0.2) is 12.1 Å². The van der Waals surface area contributed by atoms with E-state index in [0.717, 1.165) is 67.8 Å². The minimum atomic E-state index is -2.48. The molecule has 3 heterocycles. The van der Waals surface area contributed by atoms with Crippen molar-refractivity contribution in [3.05, 3.63) is 40.1 Å². The van der Waals surface area contributed by atoms with Crippen LogP contribution in [0, 0.1) is 6.92 Å². The molecule has 2 aliphatic heterocycles. The molecule has 5 rings (SSSR count). The first kappa shape index (κ1) is 19.0. The van der Waals surface area contributed by atoms with Gasteiger partial charge in [0.25, 0.3) is 6.43 Å². The van der Waals surface area contributed by atoms with Crippen molar-refractivity contribution in [2.75, 3.05) is 18.0 Å². The first-order valence-electron chi connectivity index (χ1n) is 10.7. The molecule has 3 aliphatic rings. The number of hydrogen-bond donors (Lipinski definition) is 1. The van der Waals surface area contributed by atoms with Crippen LogP contribution in [0.1, 0.15) is 66.6 Å². The smallest absolute Gasteiger partial charge is 0.264 e. The Bertz CT molecular complexity index is 935. The molecule has 29 heavy (non-hydrogen) atoms. The third-order valence-corrected chi connectivity index (χ3v) is 6.59. The number of hydrogen-bond acceptors (Lipinski definition) is 4. The summed E-state index contributed by atoms with van der Waals surface area (Å²) in [6, 6.07) is 4.07. The molecule has 5 nitrogen and oxygen atoms in total. The van der Waals surface area contributed by atoms with Gasteiger partial charge in [-0.05, 0) is 56.7 Å². The van der Waals surface area contributed by atoms with Crippen LogP contribution in [0.4, 0.5) is 20.3 Å². The summed E-state index contributed by atoms with van der Waals surface area (Å²) in [5.74, 6) is 0.891. The normalized spacial score (nSPS) is 20.7. The van der Waals surface area contributed by atoms with Crippen molar-refractivity contribution >= 4 is 11.5 Å². The number of benzene rings is 1. The highest BCUT2D eigenvalue weighted by atomic mass is 19.3. The Morgan fingerprint density at radius 2 is 1.97 bits per heavy atom. The molecule has 1 aromatic heterocycles. The van der Waals surface area contributed by atoms with Crippen molar-refractivity contribution in [3.63, 3.8) is 0 Å². The number of aliphatic hydroxyl groups is 1. The Balaban J connectivity index is 1.61. The van der Waals surface area contributed by atoms with Crippen LogP contribution in [0.5, 0.6) is 0 Å². The highest BCUT2D eigenvalue weighted by Gasteiger charge is 2.36. The number of halogens is 2. The van der Waals surface area contributed by atoms with Gasteiger partial charge in [-0.25, -0.2) is 8.78 Å². The number of aromatic nitrogens is 2. The largest absolute Gasteiger partial charge is 0.379 e. The zero-order valence-electron chi connectivity index (χ0n) is 17.0. The van der Waals surface area contributed by atoms with Gasteiger partial charge >= 0.3 is 0 Å². The molecule has 1 fully saturated rings. The van der Waals surface area contributed by atoms with Gasteiger partial charge in [0.05, 0.1) is 6.04 Å². The van der Waals surface area contributed by atoms with Gasteiger partial charge in [-0.1, -0.05) is 6.07 Å². The van der Waals surface area contributed by atoms with E-state index in [2.05, 4.69) is 14.5 Å². The van der Waals surface area contributed by atoms with Crippen LogP contribution in [0.2, 0.25) is 0 Å². The Labute approximate surface area is 169 Å². The topological polar surface area (TPSA) is 44.5 Å². The van der Waals surface area contributed by atoms with Gasteiger partial charge in [0.1, 0.15) is 6.23 Å². The number of rotatable bonds is 4. The quantitative estimate of drug-likeness (QED) is 0.831. The number of aryl methyl sites for hydroxylation is 2. The molecule has 2 aromatic rings. The van der Waals surface area contributed by atoms with Gasteiger partial charge < -0.3 is 10.0 Å². The zero-order chi connectivity index (χ0) is 20.3. The number of fused-ring (bicyclic) bond motifs is 2. The molecular formula is C22H28F2N4O. The average Bonchev–Trinajstić information content (AvgIpc) is 3.47. The second-order valence-electron chi connectivity index (χ2n) is 8.67. The predicted octanol–water partition coefficient (Wildman–Crippen LogP) is 4.24. The summed E-state index contributed by atoms with van der Waals surface area (Å²) in [5.41, 5.74) is 5.16. The Hall–Kier alpha value is -1.99. The standard InChI is InChI=1S/C22H28F2N4O/c1-13-10-15-4-3-8-27(20(15)11-17(13)21(23)24)22-18-12-26(14(2)29)9-7-19(18)28(25-22)16-5-6-16/h10-11,14,16,21,29H,3-9,12H2,1-2H3. The van der Waals surface area contributed by atoms with Gasteiger partial charge in [-0.2, -0.15) is 5.10 Å². The number of nitrogens with zero attached hydrogens (tertiary/aromatic N) is 4. The summed E-state index contributed by atoms with van der Waals surface area (Å²) in [6.07, 6.45) is 2.06. The zero-order valence-corrected chi connectivity index (χ0v) is 17.0. The average molecular weight is 402 g/mol. The number of anilines is 2. The second-order valence-corrected chi connectivity index (χ2v) is 8.67. The Kier molecular flexibility index (Phi) is 4.62. The third kappa shape index (κ3) is 3.24. The summed E-state index contributed by atoms with van der Waals surface area (Å²) in [4.78, 5) is 4.20. The van der Waals surface area contributed by atoms with E-state index in [1.807, 2.05) is 6.07 Å². The monoisotopic (exact) mass is 402 g/mol. The van der Waals surface area contributed by atoms with E-state index in [9.17, 15) is 13.9 Å². The molecule has 1 saturated carbocycles. The van der Waals surface area contributed by atoms with Gasteiger partial charge in [0.2, 0.25) is 0 Å². The van der Waals surface area contributed by atoms with Crippen molar-refractivity contribution in [2.24, 2.45) is 0 Å². The van der Waals surface area contributed by atoms with Gasteiger partial charge in [-0.3, -0.25) is 9.58 Å². The fraction of sp³-hybridized carbons (Fsp3) is 0.591. The van der Waals surface area contributed by atoms with Crippen LogP contribution >= 0.6 is 0 Å². The van der Waals surface area contributed by atoms with Crippen LogP contribution in [-0.4, -0.2) is 39.1 Å². The van der Waals surface area contributed by atoms with E-state index >= 15 is 0 Å². The lowest BCUT2D eigenvalue weighted by Crippen LogP contribution is -2.38. The summed E-state index contributed by atoms with van der Waals surface area (Å²) in [6.45, 7) is 5.80. The number of aliphatic hydroxyl groups excluding tert-OH is 1. The lowest BCUT2D eigenvalue weighted by molar-refractivity contribution is 0.00877. The van der Waals surface area contributed by atoms with Gasteiger partial charge in [0, 0.05) is 48.6 Å². The van der Waals surface area contributed by atoms with E-state index in [1.54, 1.807) is 19.9 Å². The molecule has 0 saturated heterocycles. The fourth-order valence-electron chi connectivity index (χ4n) is 4.83. The van der Waals surface area contributed by atoms with Crippen LogP contribution in [0.25, 0.3) is 0 Å². The molecule has 1 aromatic carbocycles. The molecule has 0 spiro atoms. The molecule has 1 unspecified atom stereocenters. The SMILES string of the molecule is Cc1cc2c(cc1C(F)F)N(c1nn(C3CC3)c3c1CN(C(C)O)CC3)CCC2. The Morgan fingerprint density at radius 1 is 1.17 bits per heavy atom. The van der Waals surface area contributed by atoms with Crippen LogP contribution in [-0.2, 0) is 19.4 Å². The van der Waals surface area contributed by atoms with Crippen molar-refractivity contribution in [2.45, 2.75) is 71.2 Å². The third-order valence-electron chi connectivity index (χ3n) is 6.59. The maximum absolute atomic E-state index is 13.6. The summed E-state index contributed by atoms with van der Waals surface area (Å²) in [5, 5.41) is 15.1. The maximum atomic E-state index is 13.6. The summed E-state index contributed by atoms with van der Waals surface area (Å²) < 4.78 is 29.4. The molecule has 0 bridgehead atoms. The highest BCUT2D eigenvalue weighted by molar-refractivity contribution is 5.70. The van der Waals surface area contributed by atoms with E-state index in [1.165, 1.54) is 5.69 Å². The van der Waals surface area contributed by atoms with Crippen LogP contribution in [0.3, 0.4) is 0 Å².